The SMILES string of the molecule is CC(C)OC1=CCC(N)C(C(=N)/C(=C/CN2CCN(/N=C(\N)C3CC3)CC2)NC#N)=C1. The topological polar surface area (TPSA) is 140 Å². The lowest BCUT2D eigenvalue weighted by atomic mass is 9.93. The molecule has 1 saturated carbocycles. The van der Waals surface area contributed by atoms with E-state index in [1.54, 1.807) is 0 Å². The summed E-state index contributed by atoms with van der Waals surface area (Å²) in [5, 5.41) is 27.1. The number of rotatable bonds is 9. The Morgan fingerprint density at radius 2 is 2.10 bits per heavy atom. The number of ether oxygens (including phenoxy) is 1. The number of nitriles is 1. The average molecular weight is 427 g/mol. The number of piperazine rings is 1. The first kappa shape index (κ1) is 22.8. The molecule has 1 aliphatic heterocycles. The van der Waals surface area contributed by atoms with Gasteiger partial charge in [0.2, 0.25) is 0 Å². The third-order valence-electron chi connectivity index (χ3n) is 5.55. The number of nitrogens with one attached hydrogen (secondary N) is 2. The zero-order valence-electron chi connectivity index (χ0n) is 18.5. The first-order chi connectivity index (χ1) is 14.9. The van der Waals surface area contributed by atoms with E-state index in [-0.39, 0.29) is 17.9 Å². The zero-order chi connectivity index (χ0) is 22.4. The van der Waals surface area contributed by atoms with Gasteiger partial charge in [-0.3, -0.25) is 20.6 Å². The molecule has 2 fully saturated rings. The molecular weight excluding hydrogens is 392 g/mol. The van der Waals surface area contributed by atoms with E-state index in [2.05, 4.69) is 15.3 Å². The summed E-state index contributed by atoms with van der Waals surface area (Å²) in [5.41, 5.74) is 13.6. The Balaban J connectivity index is 1.60. The number of amidine groups is 1. The smallest absolute Gasteiger partial charge is 0.181 e. The van der Waals surface area contributed by atoms with Crippen LogP contribution < -0.4 is 16.8 Å². The minimum absolute atomic E-state index is 0.0436. The van der Waals surface area contributed by atoms with Crippen LogP contribution in [0.2, 0.25) is 0 Å². The first-order valence-electron chi connectivity index (χ1n) is 11.0. The van der Waals surface area contributed by atoms with Crippen molar-refractivity contribution in [3.05, 3.63) is 35.3 Å². The van der Waals surface area contributed by atoms with Crippen molar-refractivity contribution in [1.82, 2.24) is 15.2 Å². The number of nitrogens with zero attached hydrogens (tertiary/aromatic N) is 4. The zero-order valence-corrected chi connectivity index (χ0v) is 18.5. The Bertz CT molecular complexity index is 823. The molecule has 0 aromatic heterocycles. The van der Waals surface area contributed by atoms with Crippen molar-refractivity contribution in [3.8, 4) is 6.19 Å². The summed E-state index contributed by atoms with van der Waals surface area (Å²) in [6.45, 7) is 7.89. The maximum absolute atomic E-state index is 9.19. The quantitative estimate of drug-likeness (QED) is 0.188. The largest absolute Gasteiger partial charge is 0.491 e. The number of allylic oxidation sites excluding steroid dienone is 2. The molecule has 168 valence electrons. The van der Waals surface area contributed by atoms with Crippen molar-refractivity contribution in [2.75, 3.05) is 32.7 Å². The fraction of sp³-hybridized carbons (Fsp3) is 0.591. The molecule has 0 bridgehead atoms. The lowest BCUT2D eigenvalue weighted by Gasteiger charge is -2.32. The predicted octanol–water partition coefficient (Wildman–Crippen LogP) is 1.23. The van der Waals surface area contributed by atoms with Gasteiger partial charge in [0.25, 0.3) is 0 Å². The van der Waals surface area contributed by atoms with Crippen molar-refractivity contribution in [2.24, 2.45) is 22.5 Å². The summed E-state index contributed by atoms with van der Waals surface area (Å²) in [6, 6.07) is -0.297. The molecule has 0 radical (unpaired) electrons. The van der Waals surface area contributed by atoms with Crippen LogP contribution in [0.1, 0.15) is 33.1 Å². The summed E-state index contributed by atoms with van der Waals surface area (Å²) in [4.78, 5) is 2.27. The Kier molecular flexibility index (Phi) is 7.71. The van der Waals surface area contributed by atoms with Crippen molar-refractivity contribution < 1.29 is 4.74 Å². The molecule has 0 spiro atoms. The second-order valence-electron chi connectivity index (χ2n) is 8.50. The summed E-state index contributed by atoms with van der Waals surface area (Å²) >= 11 is 0. The molecule has 0 aromatic carbocycles. The molecule has 6 N–H and O–H groups in total. The number of hydrogen-bond donors (Lipinski definition) is 4. The lowest BCUT2D eigenvalue weighted by Crippen LogP contribution is -2.45. The molecule has 0 aromatic rings. The van der Waals surface area contributed by atoms with Gasteiger partial charge < -0.3 is 16.2 Å². The standard InChI is InChI=1S/C22H34N8O/c1-15(2)31-17-5-6-19(24)18(13-17)21(25)20(27-14-23)7-8-29-9-11-30(12-10-29)28-22(26)16-3-4-16/h5,7,13,15-16,19,25,27H,3-4,6,8-12,24H2,1-2H3,(H2,26,28)/b20-7-,25-21?. The molecule has 3 aliphatic rings. The highest BCUT2D eigenvalue weighted by atomic mass is 16.5. The van der Waals surface area contributed by atoms with E-state index in [1.807, 2.05) is 43.3 Å². The van der Waals surface area contributed by atoms with Gasteiger partial charge in [-0.1, -0.05) is 0 Å². The third-order valence-corrected chi connectivity index (χ3v) is 5.55. The van der Waals surface area contributed by atoms with Gasteiger partial charge in [-0.05, 0) is 56.9 Å². The van der Waals surface area contributed by atoms with Crippen LogP contribution in [-0.2, 0) is 4.74 Å². The Morgan fingerprint density at radius 1 is 1.39 bits per heavy atom. The van der Waals surface area contributed by atoms with Gasteiger partial charge in [0.15, 0.2) is 6.19 Å². The Morgan fingerprint density at radius 3 is 2.71 bits per heavy atom. The van der Waals surface area contributed by atoms with Gasteiger partial charge >= 0.3 is 0 Å². The maximum Gasteiger partial charge on any atom is 0.181 e. The molecule has 0 amide bonds. The van der Waals surface area contributed by atoms with Gasteiger partial charge in [-0.2, -0.15) is 10.4 Å². The highest BCUT2D eigenvalue weighted by Crippen LogP contribution is 2.29. The van der Waals surface area contributed by atoms with E-state index < -0.39 is 0 Å². The minimum atomic E-state index is -0.297. The van der Waals surface area contributed by atoms with E-state index in [0.717, 1.165) is 50.6 Å². The number of nitrogens with two attached hydrogens (primary N) is 2. The first-order valence-corrected chi connectivity index (χ1v) is 11.0. The predicted molar refractivity (Wildman–Crippen MR) is 122 cm³/mol. The molecule has 1 saturated heterocycles. The molecule has 1 unspecified atom stereocenters. The van der Waals surface area contributed by atoms with Gasteiger partial charge in [-0.25, -0.2) is 0 Å². The molecule has 1 atom stereocenters. The van der Waals surface area contributed by atoms with Crippen LogP contribution in [0, 0.1) is 22.8 Å². The van der Waals surface area contributed by atoms with Crippen molar-refractivity contribution in [2.45, 2.75) is 45.3 Å². The highest BCUT2D eigenvalue weighted by Gasteiger charge is 2.27. The summed E-state index contributed by atoms with van der Waals surface area (Å²) < 4.78 is 5.77. The fourth-order valence-corrected chi connectivity index (χ4v) is 3.60. The molecular formula is C22H34N8O. The molecule has 9 heteroatoms. The van der Waals surface area contributed by atoms with Gasteiger partial charge in [0, 0.05) is 44.7 Å². The molecule has 9 nitrogen and oxygen atoms in total. The van der Waals surface area contributed by atoms with E-state index in [1.165, 1.54) is 0 Å². The van der Waals surface area contributed by atoms with Crippen molar-refractivity contribution in [3.63, 3.8) is 0 Å². The van der Waals surface area contributed by atoms with E-state index in [0.29, 0.717) is 30.2 Å². The molecule has 31 heavy (non-hydrogen) atoms. The highest BCUT2D eigenvalue weighted by molar-refractivity contribution is 6.11. The third kappa shape index (κ3) is 6.57. The number of hydrazone groups is 1. The lowest BCUT2D eigenvalue weighted by molar-refractivity contribution is 0.146. The van der Waals surface area contributed by atoms with Gasteiger partial charge in [-0.15, -0.1) is 0 Å². The van der Waals surface area contributed by atoms with Crippen LogP contribution in [0.15, 0.2) is 40.4 Å². The normalized spacial score (nSPS) is 23.2. The van der Waals surface area contributed by atoms with Crippen LogP contribution in [0.25, 0.3) is 0 Å². The van der Waals surface area contributed by atoms with Gasteiger partial charge in [0.05, 0.1) is 17.5 Å². The molecule has 2 aliphatic carbocycles. The molecule has 3 rings (SSSR count). The second-order valence-corrected chi connectivity index (χ2v) is 8.50. The van der Waals surface area contributed by atoms with E-state index in [4.69, 9.17) is 21.6 Å². The van der Waals surface area contributed by atoms with E-state index >= 15 is 0 Å². The average Bonchev–Trinajstić information content (AvgIpc) is 3.58. The van der Waals surface area contributed by atoms with Crippen molar-refractivity contribution >= 4 is 11.5 Å². The summed E-state index contributed by atoms with van der Waals surface area (Å²) in [6.07, 6.45) is 10.5. The van der Waals surface area contributed by atoms with E-state index in [9.17, 15) is 5.26 Å². The minimum Gasteiger partial charge on any atom is -0.491 e. The second kappa shape index (κ2) is 10.5. The Hall–Kier alpha value is -2.83. The van der Waals surface area contributed by atoms with Crippen LogP contribution in [-0.4, -0.2) is 66.3 Å². The Labute approximate surface area is 184 Å². The van der Waals surface area contributed by atoms with Gasteiger partial charge in [0.1, 0.15) is 11.6 Å². The van der Waals surface area contributed by atoms with Crippen LogP contribution in [0.3, 0.4) is 0 Å². The maximum atomic E-state index is 9.19. The number of hydrogen-bond acceptors (Lipinski definition) is 8. The summed E-state index contributed by atoms with van der Waals surface area (Å²) in [5.74, 6) is 1.96. The monoisotopic (exact) mass is 426 g/mol. The van der Waals surface area contributed by atoms with Crippen LogP contribution in [0.4, 0.5) is 0 Å². The fourth-order valence-electron chi connectivity index (χ4n) is 3.60. The molecule has 1 heterocycles. The van der Waals surface area contributed by atoms with Crippen LogP contribution >= 0.6 is 0 Å². The van der Waals surface area contributed by atoms with Crippen LogP contribution in [0.5, 0.6) is 0 Å². The van der Waals surface area contributed by atoms with Crippen molar-refractivity contribution in [1.29, 1.82) is 10.7 Å². The summed E-state index contributed by atoms with van der Waals surface area (Å²) in [7, 11) is 0.